The smallest absolute Gasteiger partial charge is 0.277 e. The Morgan fingerprint density at radius 2 is 2.30 bits per heavy atom. The summed E-state index contributed by atoms with van der Waals surface area (Å²) in [6.07, 6.45) is 3.24. The van der Waals surface area contributed by atoms with E-state index in [1.54, 1.807) is 36.8 Å². The molecule has 3 heterocycles. The molecule has 3 aromatic rings. The molecule has 3 aromatic heterocycles. The number of hydrogen-bond acceptors (Lipinski definition) is 4. The van der Waals surface area contributed by atoms with Crippen LogP contribution in [0.25, 0.3) is 16.1 Å². The molecule has 0 radical (unpaired) electrons. The first-order chi connectivity index (χ1) is 9.69. The molecule has 20 heavy (non-hydrogen) atoms. The monoisotopic (exact) mass is 288 g/mol. The van der Waals surface area contributed by atoms with Gasteiger partial charge in [0.1, 0.15) is 17.8 Å². The predicted octanol–water partition coefficient (Wildman–Crippen LogP) is 0.970. The maximum absolute atomic E-state index is 12.3. The number of amides is 1. The van der Waals surface area contributed by atoms with Gasteiger partial charge in [-0.2, -0.15) is 5.10 Å². The van der Waals surface area contributed by atoms with E-state index in [9.17, 15) is 9.59 Å². The summed E-state index contributed by atoms with van der Waals surface area (Å²) in [5.74, 6) is -0.213. The van der Waals surface area contributed by atoms with Crippen molar-refractivity contribution in [1.29, 1.82) is 0 Å². The van der Waals surface area contributed by atoms with Crippen LogP contribution in [0.1, 0.15) is 0 Å². The molecule has 0 aromatic carbocycles. The molecule has 0 atom stereocenters. The van der Waals surface area contributed by atoms with Gasteiger partial charge in [0, 0.05) is 19.4 Å². The van der Waals surface area contributed by atoms with Crippen molar-refractivity contribution in [2.45, 2.75) is 6.54 Å². The molecule has 0 aliphatic rings. The van der Waals surface area contributed by atoms with E-state index < -0.39 is 0 Å². The highest BCUT2D eigenvalue weighted by Crippen LogP contribution is 2.23. The van der Waals surface area contributed by atoms with Crippen LogP contribution in [-0.2, 0) is 11.3 Å². The van der Waals surface area contributed by atoms with Crippen LogP contribution in [0, 0.1) is 0 Å². The van der Waals surface area contributed by atoms with E-state index in [1.165, 1.54) is 9.08 Å². The Bertz CT molecular complexity index is 817. The number of nitrogens with zero attached hydrogens (tertiary/aromatic N) is 3. The Labute approximate surface area is 118 Å². The number of aromatic nitrogens is 3. The van der Waals surface area contributed by atoms with Gasteiger partial charge in [-0.25, -0.2) is 4.52 Å². The van der Waals surface area contributed by atoms with E-state index in [1.807, 2.05) is 17.5 Å². The third kappa shape index (κ3) is 2.12. The van der Waals surface area contributed by atoms with E-state index >= 15 is 0 Å². The second-order valence-corrected chi connectivity index (χ2v) is 5.19. The Balaban J connectivity index is 2.09. The fourth-order valence-corrected chi connectivity index (χ4v) is 2.61. The Kier molecular flexibility index (Phi) is 3.11. The second kappa shape index (κ2) is 4.93. The van der Waals surface area contributed by atoms with Crippen molar-refractivity contribution in [3.8, 4) is 10.6 Å². The van der Waals surface area contributed by atoms with Gasteiger partial charge in [-0.05, 0) is 17.5 Å². The van der Waals surface area contributed by atoms with Crippen molar-refractivity contribution in [3.63, 3.8) is 0 Å². The average Bonchev–Trinajstić information content (AvgIpc) is 3.09. The highest BCUT2D eigenvalue weighted by Gasteiger charge is 2.10. The molecule has 0 unspecified atom stereocenters. The number of nitrogens with one attached hydrogen (secondary N) is 1. The van der Waals surface area contributed by atoms with E-state index in [-0.39, 0.29) is 18.0 Å². The Hall–Kier alpha value is -2.41. The number of carbonyl (C=O) groups excluding carboxylic acids is 1. The zero-order chi connectivity index (χ0) is 14.1. The normalized spacial score (nSPS) is 10.8. The molecule has 102 valence electrons. The summed E-state index contributed by atoms with van der Waals surface area (Å²) in [7, 11) is 1.54. The van der Waals surface area contributed by atoms with E-state index in [0.717, 1.165) is 10.6 Å². The number of carbonyl (C=O) groups is 1. The predicted molar refractivity (Wildman–Crippen MR) is 76.8 cm³/mol. The third-order valence-corrected chi connectivity index (χ3v) is 3.86. The average molecular weight is 288 g/mol. The van der Waals surface area contributed by atoms with Gasteiger partial charge in [-0.1, -0.05) is 6.07 Å². The third-order valence-electron chi connectivity index (χ3n) is 2.97. The molecule has 0 fully saturated rings. The number of hydrogen-bond donors (Lipinski definition) is 1. The maximum atomic E-state index is 12.3. The summed E-state index contributed by atoms with van der Waals surface area (Å²) in [5.41, 5.74) is 0.987. The Morgan fingerprint density at radius 3 is 3.00 bits per heavy atom. The van der Waals surface area contributed by atoms with Crippen LogP contribution in [0.15, 0.2) is 40.8 Å². The highest BCUT2D eigenvalue weighted by atomic mass is 32.1. The molecule has 7 heteroatoms. The molecule has 0 aliphatic heterocycles. The van der Waals surface area contributed by atoms with Crippen molar-refractivity contribution >= 4 is 22.8 Å². The van der Waals surface area contributed by atoms with Crippen LogP contribution in [-0.4, -0.2) is 27.1 Å². The molecule has 0 bridgehead atoms. The van der Waals surface area contributed by atoms with Gasteiger partial charge in [0.2, 0.25) is 5.91 Å². The molecule has 0 saturated carbocycles. The minimum absolute atomic E-state index is 0.00531. The van der Waals surface area contributed by atoms with Crippen LogP contribution in [0.3, 0.4) is 0 Å². The van der Waals surface area contributed by atoms with Crippen molar-refractivity contribution in [2.24, 2.45) is 0 Å². The molecular formula is C13H12N4O2S. The van der Waals surface area contributed by atoms with Crippen LogP contribution < -0.4 is 10.9 Å². The summed E-state index contributed by atoms with van der Waals surface area (Å²) in [5, 5.41) is 8.83. The first-order valence-electron chi connectivity index (χ1n) is 6.02. The molecule has 3 rings (SSSR count). The summed E-state index contributed by atoms with van der Waals surface area (Å²) < 4.78 is 2.91. The lowest BCUT2D eigenvalue weighted by atomic mass is 10.3. The minimum atomic E-state index is -0.230. The van der Waals surface area contributed by atoms with E-state index in [0.29, 0.717) is 5.52 Å². The topological polar surface area (TPSA) is 68.4 Å². The molecule has 1 N–H and O–H groups in total. The van der Waals surface area contributed by atoms with Gasteiger partial charge >= 0.3 is 0 Å². The quantitative estimate of drug-likeness (QED) is 0.781. The first kappa shape index (κ1) is 12.6. The summed E-state index contributed by atoms with van der Waals surface area (Å²) in [6, 6.07) is 5.64. The second-order valence-electron chi connectivity index (χ2n) is 4.24. The van der Waals surface area contributed by atoms with Crippen LogP contribution in [0.5, 0.6) is 0 Å². The van der Waals surface area contributed by atoms with Crippen LogP contribution in [0.2, 0.25) is 0 Å². The summed E-state index contributed by atoms with van der Waals surface area (Å²) >= 11 is 1.57. The van der Waals surface area contributed by atoms with Gasteiger partial charge in [0.15, 0.2) is 0 Å². The molecule has 0 aliphatic carbocycles. The number of fused-ring (bicyclic) bond motifs is 1. The van der Waals surface area contributed by atoms with Crippen LogP contribution >= 0.6 is 11.3 Å². The fraction of sp³-hybridized carbons (Fsp3) is 0.154. The van der Waals surface area contributed by atoms with Gasteiger partial charge in [0.25, 0.3) is 5.56 Å². The number of likely N-dealkylation sites (N-methyl/N-ethyl adjacent to an activating group) is 1. The molecule has 0 spiro atoms. The maximum Gasteiger partial charge on any atom is 0.277 e. The van der Waals surface area contributed by atoms with Gasteiger partial charge < -0.3 is 9.88 Å². The van der Waals surface area contributed by atoms with Gasteiger partial charge in [0.05, 0.1) is 4.88 Å². The lowest BCUT2D eigenvalue weighted by Gasteiger charge is -2.04. The zero-order valence-electron chi connectivity index (χ0n) is 10.7. The zero-order valence-corrected chi connectivity index (χ0v) is 11.6. The summed E-state index contributed by atoms with van der Waals surface area (Å²) in [6.45, 7) is 0.00531. The van der Waals surface area contributed by atoms with Crippen molar-refractivity contribution < 1.29 is 4.79 Å². The standard InChI is InChI=1S/C13H12N4O2S/c1-14-12(18)8-16-4-5-17-10(13(16)19)7-9(15-17)11-3-2-6-20-11/h2-7H,8H2,1H3,(H,14,18). The summed E-state index contributed by atoms with van der Waals surface area (Å²) in [4.78, 5) is 24.7. The molecule has 0 saturated heterocycles. The van der Waals surface area contributed by atoms with Gasteiger partial charge in [-0.3, -0.25) is 9.59 Å². The fourth-order valence-electron chi connectivity index (χ4n) is 1.93. The van der Waals surface area contributed by atoms with Gasteiger partial charge in [-0.15, -0.1) is 11.3 Å². The van der Waals surface area contributed by atoms with E-state index in [2.05, 4.69) is 10.4 Å². The SMILES string of the molecule is CNC(=O)Cn1ccn2nc(-c3cccs3)cc2c1=O. The van der Waals surface area contributed by atoms with Crippen molar-refractivity contribution in [1.82, 2.24) is 19.5 Å². The Morgan fingerprint density at radius 1 is 1.45 bits per heavy atom. The van der Waals surface area contributed by atoms with Crippen molar-refractivity contribution in [3.05, 3.63) is 46.3 Å². The molecule has 1 amide bonds. The van der Waals surface area contributed by atoms with Crippen LogP contribution in [0.4, 0.5) is 0 Å². The minimum Gasteiger partial charge on any atom is -0.358 e. The highest BCUT2D eigenvalue weighted by molar-refractivity contribution is 7.13. The lowest BCUT2D eigenvalue weighted by molar-refractivity contribution is -0.121. The number of rotatable bonds is 3. The number of thiophene rings is 1. The lowest BCUT2D eigenvalue weighted by Crippen LogP contribution is -2.30. The molecule has 6 nitrogen and oxygen atoms in total. The first-order valence-corrected chi connectivity index (χ1v) is 6.90. The van der Waals surface area contributed by atoms with Crippen molar-refractivity contribution in [2.75, 3.05) is 7.05 Å². The molecular weight excluding hydrogens is 276 g/mol. The largest absolute Gasteiger partial charge is 0.358 e. The van der Waals surface area contributed by atoms with E-state index in [4.69, 9.17) is 0 Å².